The van der Waals surface area contributed by atoms with Crippen LogP contribution < -0.4 is 29.6 Å². The Bertz CT molecular complexity index is 319. The van der Waals surface area contributed by atoms with E-state index in [9.17, 15) is 4.79 Å². The molecule has 5 heteroatoms. The van der Waals surface area contributed by atoms with E-state index < -0.39 is 5.97 Å². The SMILES string of the molecule is O=C(O)c1cc(Br)ccc1CO.[H-].[Na+]. The van der Waals surface area contributed by atoms with Gasteiger partial charge in [0.15, 0.2) is 0 Å². The van der Waals surface area contributed by atoms with Crippen LogP contribution >= 0.6 is 15.9 Å². The van der Waals surface area contributed by atoms with Crippen molar-refractivity contribution >= 4 is 21.9 Å². The third kappa shape index (κ3) is 3.40. The molecule has 0 atom stereocenters. The maximum Gasteiger partial charge on any atom is 1.00 e. The molecular formula is C8H8BrNaO3. The Hall–Kier alpha value is 0.130. The summed E-state index contributed by atoms with van der Waals surface area (Å²) in [5.74, 6) is -1.03. The normalized spacial score (nSPS) is 9.08. The van der Waals surface area contributed by atoms with Crippen molar-refractivity contribution in [3.05, 3.63) is 33.8 Å². The number of benzene rings is 1. The standard InChI is InChI=1S/C8H7BrO3.Na.H/c9-6-2-1-5(4-10)7(3-6)8(11)12;;/h1-3,10H,4H2,(H,11,12);;/q;+1;-1. The second-order valence-electron chi connectivity index (χ2n) is 2.26. The number of hydrogen-bond donors (Lipinski definition) is 2. The first-order valence-corrected chi connectivity index (χ1v) is 4.07. The molecule has 3 nitrogen and oxygen atoms in total. The summed E-state index contributed by atoms with van der Waals surface area (Å²) >= 11 is 3.15. The van der Waals surface area contributed by atoms with Crippen molar-refractivity contribution in [2.45, 2.75) is 6.61 Å². The smallest absolute Gasteiger partial charge is 1.00 e. The fraction of sp³-hybridized carbons (Fsp3) is 0.125. The number of carbonyl (C=O) groups is 1. The first-order chi connectivity index (χ1) is 5.65. The van der Waals surface area contributed by atoms with E-state index in [0.717, 1.165) is 0 Å². The van der Waals surface area contributed by atoms with E-state index in [0.29, 0.717) is 10.0 Å². The largest absolute Gasteiger partial charge is 1.00 e. The Morgan fingerprint density at radius 3 is 2.62 bits per heavy atom. The number of rotatable bonds is 2. The van der Waals surface area contributed by atoms with Gasteiger partial charge in [-0.2, -0.15) is 0 Å². The molecule has 0 saturated carbocycles. The number of halogens is 1. The van der Waals surface area contributed by atoms with Gasteiger partial charge in [0.25, 0.3) is 0 Å². The first-order valence-electron chi connectivity index (χ1n) is 3.27. The Morgan fingerprint density at radius 2 is 2.15 bits per heavy atom. The molecule has 0 aliphatic rings. The summed E-state index contributed by atoms with van der Waals surface area (Å²) in [7, 11) is 0. The second-order valence-corrected chi connectivity index (χ2v) is 3.18. The average Bonchev–Trinajstić information content (AvgIpc) is 2.04. The summed E-state index contributed by atoms with van der Waals surface area (Å²) in [4.78, 5) is 10.6. The summed E-state index contributed by atoms with van der Waals surface area (Å²) in [5, 5.41) is 17.5. The fourth-order valence-electron chi connectivity index (χ4n) is 0.886. The van der Waals surface area contributed by atoms with E-state index in [1.54, 1.807) is 12.1 Å². The zero-order valence-corrected chi connectivity index (χ0v) is 10.7. The fourth-order valence-corrected chi connectivity index (χ4v) is 1.25. The van der Waals surface area contributed by atoms with Crippen LogP contribution in [0.4, 0.5) is 0 Å². The zero-order chi connectivity index (χ0) is 9.14. The van der Waals surface area contributed by atoms with Gasteiger partial charge >= 0.3 is 35.5 Å². The van der Waals surface area contributed by atoms with Crippen molar-refractivity contribution in [1.29, 1.82) is 0 Å². The summed E-state index contributed by atoms with van der Waals surface area (Å²) in [6.45, 7) is -0.255. The predicted molar refractivity (Wildman–Crippen MR) is 48.1 cm³/mol. The molecule has 0 heterocycles. The van der Waals surface area contributed by atoms with E-state index in [1.807, 2.05) is 0 Å². The van der Waals surface area contributed by atoms with Crippen molar-refractivity contribution in [1.82, 2.24) is 0 Å². The number of carboxylic acid groups (broad SMARTS) is 1. The molecule has 0 radical (unpaired) electrons. The van der Waals surface area contributed by atoms with Gasteiger partial charge in [-0.05, 0) is 17.7 Å². The minimum Gasteiger partial charge on any atom is -1.00 e. The predicted octanol–water partition coefficient (Wildman–Crippen LogP) is -1.24. The van der Waals surface area contributed by atoms with Gasteiger partial charge < -0.3 is 11.6 Å². The van der Waals surface area contributed by atoms with Gasteiger partial charge in [-0.25, -0.2) is 4.79 Å². The summed E-state index contributed by atoms with van der Waals surface area (Å²) in [5.41, 5.74) is 0.553. The van der Waals surface area contributed by atoms with Crippen molar-refractivity contribution in [3.63, 3.8) is 0 Å². The number of carboxylic acids is 1. The molecule has 1 aromatic carbocycles. The number of aliphatic hydroxyl groups is 1. The first kappa shape index (κ1) is 13.1. The molecule has 66 valence electrons. The van der Waals surface area contributed by atoms with Crippen LogP contribution in [0.15, 0.2) is 22.7 Å². The molecular weight excluding hydrogens is 247 g/mol. The number of aliphatic hydroxyl groups excluding tert-OH is 1. The van der Waals surface area contributed by atoms with Gasteiger partial charge in [0, 0.05) is 4.47 Å². The minimum atomic E-state index is -1.03. The third-order valence-corrected chi connectivity index (χ3v) is 1.97. The van der Waals surface area contributed by atoms with Gasteiger partial charge in [0.2, 0.25) is 0 Å². The quantitative estimate of drug-likeness (QED) is 0.650. The Kier molecular flexibility index (Phi) is 5.83. The Balaban J connectivity index is 0. The molecule has 0 aliphatic heterocycles. The zero-order valence-electron chi connectivity index (χ0n) is 8.12. The van der Waals surface area contributed by atoms with Crippen LogP contribution in [0.5, 0.6) is 0 Å². The minimum absolute atomic E-state index is 0. The molecule has 1 aromatic rings. The monoisotopic (exact) mass is 254 g/mol. The molecule has 1 rings (SSSR count). The van der Waals surface area contributed by atoms with Crippen molar-refractivity contribution < 1.29 is 46.0 Å². The van der Waals surface area contributed by atoms with Crippen molar-refractivity contribution in [3.8, 4) is 0 Å². The maximum atomic E-state index is 10.6. The number of hydrogen-bond acceptors (Lipinski definition) is 2. The third-order valence-electron chi connectivity index (χ3n) is 1.47. The van der Waals surface area contributed by atoms with Crippen LogP contribution in [-0.2, 0) is 6.61 Å². The Labute approximate surface area is 108 Å². The van der Waals surface area contributed by atoms with E-state index in [1.165, 1.54) is 6.07 Å². The van der Waals surface area contributed by atoms with Crippen LogP contribution in [0.2, 0.25) is 0 Å². The molecule has 0 saturated heterocycles. The Morgan fingerprint density at radius 1 is 1.54 bits per heavy atom. The summed E-state index contributed by atoms with van der Waals surface area (Å²) in [6, 6.07) is 4.74. The van der Waals surface area contributed by atoms with E-state index in [-0.39, 0.29) is 43.2 Å². The van der Waals surface area contributed by atoms with Crippen LogP contribution in [-0.4, -0.2) is 16.2 Å². The van der Waals surface area contributed by atoms with Gasteiger partial charge in [0.1, 0.15) is 0 Å². The van der Waals surface area contributed by atoms with Gasteiger partial charge in [0.05, 0.1) is 12.2 Å². The van der Waals surface area contributed by atoms with Crippen LogP contribution in [0.1, 0.15) is 17.3 Å². The second kappa shape index (κ2) is 5.78. The molecule has 0 aliphatic carbocycles. The maximum absolute atomic E-state index is 10.6. The van der Waals surface area contributed by atoms with E-state index in [4.69, 9.17) is 10.2 Å². The van der Waals surface area contributed by atoms with Crippen LogP contribution in [0.25, 0.3) is 0 Å². The van der Waals surface area contributed by atoms with E-state index >= 15 is 0 Å². The molecule has 0 amide bonds. The van der Waals surface area contributed by atoms with Gasteiger partial charge in [-0.15, -0.1) is 0 Å². The molecule has 0 aromatic heterocycles. The molecule has 0 unspecified atom stereocenters. The van der Waals surface area contributed by atoms with Crippen LogP contribution in [0, 0.1) is 0 Å². The molecule has 0 fully saturated rings. The average molecular weight is 255 g/mol. The van der Waals surface area contributed by atoms with Crippen LogP contribution in [0.3, 0.4) is 0 Å². The molecule has 0 spiro atoms. The van der Waals surface area contributed by atoms with Gasteiger partial charge in [-0.3, -0.25) is 0 Å². The van der Waals surface area contributed by atoms with Crippen molar-refractivity contribution in [2.75, 3.05) is 0 Å². The van der Waals surface area contributed by atoms with Crippen molar-refractivity contribution in [2.24, 2.45) is 0 Å². The molecule has 0 bridgehead atoms. The summed E-state index contributed by atoms with van der Waals surface area (Å²) < 4.78 is 0.692. The molecule has 13 heavy (non-hydrogen) atoms. The summed E-state index contributed by atoms with van der Waals surface area (Å²) in [6.07, 6.45) is 0. The van der Waals surface area contributed by atoms with Gasteiger partial charge in [-0.1, -0.05) is 22.0 Å². The number of aromatic carboxylic acids is 1. The topological polar surface area (TPSA) is 57.5 Å². The molecule has 2 N–H and O–H groups in total. The van der Waals surface area contributed by atoms with E-state index in [2.05, 4.69) is 15.9 Å².